The molecule has 0 saturated heterocycles. The summed E-state index contributed by atoms with van der Waals surface area (Å²) in [6.07, 6.45) is -5.80. The van der Waals surface area contributed by atoms with Crippen LogP contribution in [0.15, 0.2) is 42.5 Å². The number of halogens is 4. The van der Waals surface area contributed by atoms with Crippen LogP contribution in [0, 0.1) is 5.82 Å². The van der Waals surface area contributed by atoms with E-state index in [0.717, 1.165) is 6.07 Å². The molecule has 2 aromatic carbocycles. The lowest BCUT2D eigenvalue weighted by Crippen LogP contribution is -2.15. The van der Waals surface area contributed by atoms with Crippen LogP contribution in [0.3, 0.4) is 0 Å². The lowest BCUT2D eigenvalue weighted by Gasteiger charge is -2.12. The quantitative estimate of drug-likeness (QED) is 0.687. The van der Waals surface area contributed by atoms with Crippen LogP contribution in [0.5, 0.6) is 0 Å². The molecule has 2 nitrogen and oxygen atoms in total. The molecular formula is C14H10F4O2P+. The van der Waals surface area contributed by atoms with Crippen LogP contribution in [0.25, 0.3) is 11.1 Å². The van der Waals surface area contributed by atoms with Gasteiger partial charge in [0.05, 0.1) is 6.42 Å². The first-order chi connectivity index (χ1) is 9.79. The summed E-state index contributed by atoms with van der Waals surface area (Å²) in [6, 6.07) is 8.88. The average molecular weight is 317 g/mol. The molecule has 2 aromatic rings. The van der Waals surface area contributed by atoms with E-state index in [1.165, 1.54) is 36.4 Å². The monoisotopic (exact) mass is 317 g/mol. The minimum Gasteiger partial charge on any atom is -0.206 e. The van der Waals surface area contributed by atoms with Gasteiger partial charge in [0, 0.05) is 11.1 Å². The van der Waals surface area contributed by atoms with Gasteiger partial charge in [-0.25, -0.2) is 4.39 Å². The summed E-state index contributed by atoms with van der Waals surface area (Å²) >= 11 is 0. The van der Waals surface area contributed by atoms with Crippen molar-refractivity contribution in [1.82, 2.24) is 0 Å². The highest BCUT2D eigenvalue weighted by atomic mass is 31.1. The second-order valence-electron chi connectivity index (χ2n) is 4.36. The van der Waals surface area contributed by atoms with Crippen LogP contribution in [0.2, 0.25) is 0 Å². The molecule has 21 heavy (non-hydrogen) atoms. The molecule has 0 saturated carbocycles. The van der Waals surface area contributed by atoms with Crippen molar-refractivity contribution in [2.24, 2.45) is 0 Å². The molecule has 0 aliphatic carbocycles. The third-order valence-electron chi connectivity index (χ3n) is 2.87. The van der Waals surface area contributed by atoms with Gasteiger partial charge in [0.2, 0.25) is 5.30 Å². The maximum absolute atomic E-state index is 13.9. The zero-order valence-electron chi connectivity index (χ0n) is 10.6. The molecule has 1 unspecified atom stereocenters. The second-order valence-corrected chi connectivity index (χ2v) is 5.38. The Morgan fingerprint density at radius 1 is 1.05 bits per heavy atom. The normalized spacial score (nSPS) is 12.3. The smallest absolute Gasteiger partial charge is 0.206 e. The minimum absolute atomic E-state index is 0.121. The van der Waals surface area contributed by atoms with E-state index < -0.39 is 26.4 Å². The predicted octanol–water partition coefficient (Wildman–Crippen LogP) is 3.96. The summed E-state index contributed by atoms with van der Waals surface area (Å²) in [4.78, 5) is 9.29. The van der Waals surface area contributed by atoms with Gasteiger partial charge in [-0.15, -0.1) is 0 Å². The molecule has 0 spiro atoms. The van der Waals surface area contributed by atoms with E-state index in [0.29, 0.717) is 0 Å². The van der Waals surface area contributed by atoms with Crippen molar-refractivity contribution in [2.75, 3.05) is 0 Å². The van der Waals surface area contributed by atoms with Gasteiger partial charge in [0.15, 0.2) is 0 Å². The summed E-state index contributed by atoms with van der Waals surface area (Å²) in [5.74, 6) is -0.745. The highest BCUT2D eigenvalue weighted by Crippen LogP contribution is 2.33. The molecule has 110 valence electrons. The van der Waals surface area contributed by atoms with E-state index in [9.17, 15) is 27.0 Å². The van der Waals surface area contributed by atoms with Crippen molar-refractivity contribution in [3.05, 3.63) is 53.8 Å². The van der Waals surface area contributed by atoms with Crippen LogP contribution in [-0.2, 0) is 11.0 Å². The Hall–Kier alpha value is -1.78. The number of hydrogen-bond donors (Lipinski definition) is 1. The Kier molecular flexibility index (Phi) is 4.40. The SMILES string of the molecule is O=[P+](O)c1cccc(CC(F)(F)F)c1-c1ccccc1F. The molecule has 1 atom stereocenters. The number of hydrogen-bond acceptors (Lipinski definition) is 1. The zero-order valence-corrected chi connectivity index (χ0v) is 11.5. The van der Waals surface area contributed by atoms with Crippen LogP contribution in [0.4, 0.5) is 17.6 Å². The van der Waals surface area contributed by atoms with Gasteiger partial charge in [0.1, 0.15) is 5.82 Å². The van der Waals surface area contributed by atoms with E-state index in [2.05, 4.69) is 0 Å². The first kappa shape index (κ1) is 15.6. The van der Waals surface area contributed by atoms with E-state index in [4.69, 9.17) is 0 Å². The Morgan fingerprint density at radius 3 is 2.29 bits per heavy atom. The van der Waals surface area contributed by atoms with E-state index in [1.54, 1.807) is 0 Å². The fourth-order valence-corrected chi connectivity index (χ4v) is 2.75. The Bertz CT molecular complexity index is 683. The topological polar surface area (TPSA) is 37.3 Å². The molecule has 1 N–H and O–H groups in total. The molecule has 0 aliphatic heterocycles. The minimum atomic E-state index is -4.50. The zero-order chi connectivity index (χ0) is 15.6. The van der Waals surface area contributed by atoms with E-state index in [1.807, 2.05) is 0 Å². The third kappa shape index (κ3) is 3.65. The highest BCUT2D eigenvalue weighted by Gasteiger charge is 2.33. The maximum Gasteiger partial charge on any atom is 0.546 e. The van der Waals surface area contributed by atoms with Crippen molar-refractivity contribution in [1.29, 1.82) is 0 Å². The van der Waals surface area contributed by atoms with E-state index >= 15 is 0 Å². The molecule has 2 rings (SSSR count). The number of alkyl halides is 3. The van der Waals surface area contributed by atoms with Crippen molar-refractivity contribution in [3.63, 3.8) is 0 Å². The van der Waals surface area contributed by atoms with Gasteiger partial charge >= 0.3 is 14.2 Å². The molecular weight excluding hydrogens is 307 g/mol. The van der Waals surface area contributed by atoms with Gasteiger partial charge in [-0.1, -0.05) is 30.3 Å². The van der Waals surface area contributed by atoms with Crippen LogP contribution in [0.1, 0.15) is 5.56 Å². The molecule has 0 aromatic heterocycles. The standard InChI is InChI=1S/C14H9F4O2P/c15-11-6-2-1-5-10(11)13-9(8-14(16,17)18)4-3-7-12(13)21(19)20/h1-7H,8H2/p+1. The Morgan fingerprint density at radius 2 is 1.71 bits per heavy atom. The number of rotatable bonds is 3. The Balaban J connectivity index is 2.71. The molecule has 0 amide bonds. The van der Waals surface area contributed by atoms with Crippen molar-refractivity contribution in [2.45, 2.75) is 12.6 Å². The molecule has 0 bridgehead atoms. The highest BCUT2D eigenvalue weighted by molar-refractivity contribution is 7.47. The van der Waals surface area contributed by atoms with Crippen molar-refractivity contribution < 1.29 is 27.0 Å². The maximum atomic E-state index is 13.9. The first-order valence-corrected chi connectivity index (χ1v) is 7.10. The molecule has 0 heterocycles. The summed E-state index contributed by atoms with van der Waals surface area (Å²) in [7, 11) is -2.89. The van der Waals surface area contributed by atoms with Crippen LogP contribution < -0.4 is 5.30 Å². The lowest BCUT2D eigenvalue weighted by molar-refractivity contribution is -0.127. The predicted molar refractivity (Wildman–Crippen MR) is 71.1 cm³/mol. The van der Waals surface area contributed by atoms with Crippen molar-refractivity contribution in [3.8, 4) is 11.1 Å². The molecule has 0 fully saturated rings. The Labute approximate surface area is 118 Å². The van der Waals surface area contributed by atoms with Crippen molar-refractivity contribution >= 4 is 13.3 Å². The van der Waals surface area contributed by atoms with E-state index in [-0.39, 0.29) is 22.0 Å². The lowest BCUT2D eigenvalue weighted by atomic mass is 9.97. The summed E-state index contributed by atoms with van der Waals surface area (Å²) < 4.78 is 63.2. The fraction of sp³-hybridized carbons (Fsp3) is 0.143. The fourth-order valence-electron chi connectivity index (χ4n) is 2.08. The summed E-state index contributed by atoms with van der Waals surface area (Å²) in [6.45, 7) is 0. The third-order valence-corrected chi connectivity index (χ3v) is 3.65. The van der Waals surface area contributed by atoms with Gasteiger partial charge in [0.25, 0.3) is 0 Å². The summed E-state index contributed by atoms with van der Waals surface area (Å²) in [5.41, 5.74) is -0.524. The molecule has 0 radical (unpaired) electrons. The van der Waals surface area contributed by atoms with Gasteiger partial charge < -0.3 is 0 Å². The van der Waals surface area contributed by atoms with Crippen LogP contribution >= 0.6 is 8.03 Å². The second kappa shape index (κ2) is 5.92. The van der Waals surface area contributed by atoms with Gasteiger partial charge in [-0.2, -0.15) is 18.1 Å². The van der Waals surface area contributed by atoms with Crippen LogP contribution in [-0.4, -0.2) is 11.1 Å². The van der Waals surface area contributed by atoms with Gasteiger partial charge in [-0.3, -0.25) is 0 Å². The van der Waals surface area contributed by atoms with Gasteiger partial charge in [-0.05, 0) is 22.3 Å². The summed E-state index contributed by atoms with van der Waals surface area (Å²) in [5, 5.41) is -0.211. The first-order valence-electron chi connectivity index (χ1n) is 5.89. The molecule has 0 aliphatic rings. The average Bonchev–Trinajstić information content (AvgIpc) is 2.37. The molecule has 7 heteroatoms. The number of benzene rings is 2. The largest absolute Gasteiger partial charge is 0.546 e.